The molecule has 1 amide bonds. The number of rotatable bonds is 5. The number of aryl methyl sites for hydroxylation is 2. The number of hydrogen-bond donors (Lipinski definition) is 1. The third-order valence-corrected chi connectivity index (χ3v) is 7.78. The molecule has 3 heterocycles. The highest BCUT2D eigenvalue weighted by molar-refractivity contribution is 7.17. The molecule has 1 atom stereocenters. The highest BCUT2D eigenvalue weighted by Gasteiger charge is 2.28. The van der Waals surface area contributed by atoms with Crippen LogP contribution in [0.25, 0.3) is 16.2 Å². The molecular formula is C25H31N5OS. The SMILES string of the molecule is CCCN1CCCC(C(=O)N=C(N)c2c(-c3ccccc3)nc3sc4c(n23)CCCC4)C1. The fourth-order valence-corrected chi connectivity index (χ4v) is 6.32. The molecule has 1 aromatic carbocycles. The topological polar surface area (TPSA) is 76.0 Å². The molecule has 1 aliphatic carbocycles. The molecule has 0 saturated carbocycles. The van der Waals surface area contributed by atoms with E-state index in [0.717, 1.165) is 73.7 Å². The Kier molecular flexibility index (Phi) is 6.11. The third kappa shape index (κ3) is 3.99. The highest BCUT2D eigenvalue weighted by atomic mass is 32.1. The second-order valence-corrected chi connectivity index (χ2v) is 10.0. The van der Waals surface area contributed by atoms with Crippen LogP contribution in [0.15, 0.2) is 35.3 Å². The predicted octanol–water partition coefficient (Wildman–Crippen LogP) is 4.30. The Bertz CT molecular complexity index is 1140. The van der Waals surface area contributed by atoms with Crippen molar-refractivity contribution < 1.29 is 4.79 Å². The minimum atomic E-state index is -0.0960. The smallest absolute Gasteiger partial charge is 0.252 e. The number of piperidine rings is 1. The number of benzene rings is 1. The van der Waals surface area contributed by atoms with Gasteiger partial charge in [-0.25, -0.2) is 4.98 Å². The molecule has 0 radical (unpaired) electrons. The molecule has 2 aliphatic rings. The first-order chi connectivity index (χ1) is 15.7. The van der Waals surface area contributed by atoms with Gasteiger partial charge in [-0.05, 0) is 58.0 Å². The van der Waals surface area contributed by atoms with E-state index < -0.39 is 0 Å². The summed E-state index contributed by atoms with van der Waals surface area (Å²) in [4.78, 5) is 27.3. The number of nitrogens with zero attached hydrogens (tertiary/aromatic N) is 4. The van der Waals surface area contributed by atoms with Gasteiger partial charge in [0.15, 0.2) is 10.8 Å². The summed E-state index contributed by atoms with van der Waals surface area (Å²) in [5.41, 5.74) is 10.5. The molecule has 5 rings (SSSR count). The number of carbonyl (C=O) groups is 1. The number of aromatic nitrogens is 2. The first kappa shape index (κ1) is 21.3. The van der Waals surface area contributed by atoms with Gasteiger partial charge in [-0.1, -0.05) is 37.3 Å². The van der Waals surface area contributed by atoms with Crippen LogP contribution in [0.3, 0.4) is 0 Å². The van der Waals surface area contributed by atoms with Gasteiger partial charge in [0.1, 0.15) is 11.4 Å². The van der Waals surface area contributed by atoms with Crippen LogP contribution < -0.4 is 5.73 Å². The van der Waals surface area contributed by atoms with Crippen molar-refractivity contribution >= 4 is 28.0 Å². The average Bonchev–Trinajstić information content (AvgIpc) is 3.36. The molecular weight excluding hydrogens is 418 g/mol. The van der Waals surface area contributed by atoms with E-state index in [-0.39, 0.29) is 11.8 Å². The number of amidine groups is 1. The molecule has 1 fully saturated rings. The fourth-order valence-electron chi connectivity index (χ4n) is 5.11. The van der Waals surface area contributed by atoms with E-state index in [1.807, 2.05) is 30.3 Å². The van der Waals surface area contributed by atoms with Gasteiger partial charge in [-0.3, -0.25) is 9.20 Å². The number of nitrogens with two attached hydrogens (primary N) is 1. The van der Waals surface area contributed by atoms with Crippen molar-refractivity contribution in [3.63, 3.8) is 0 Å². The number of thiazole rings is 1. The first-order valence-electron chi connectivity index (χ1n) is 11.8. The summed E-state index contributed by atoms with van der Waals surface area (Å²) in [6.45, 7) is 5.06. The fraction of sp³-hybridized carbons (Fsp3) is 0.480. The maximum absolute atomic E-state index is 13.1. The summed E-state index contributed by atoms with van der Waals surface area (Å²) < 4.78 is 2.18. The van der Waals surface area contributed by atoms with Crippen molar-refractivity contribution in [2.75, 3.05) is 19.6 Å². The summed E-state index contributed by atoms with van der Waals surface area (Å²) in [6.07, 6.45) is 7.52. The Morgan fingerprint density at radius 3 is 2.84 bits per heavy atom. The maximum atomic E-state index is 13.1. The zero-order valence-corrected chi connectivity index (χ0v) is 19.5. The van der Waals surface area contributed by atoms with Gasteiger partial charge in [0.25, 0.3) is 5.91 Å². The standard InChI is InChI=1S/C25H31N5OS/c1-2-14-29-15-8-11-18(16-29)24(31)28-23(26)22-21(17-9-4-3-5-10-17)27-25-30(22)19-12-6-7-13-20(19)32-25/h3-5,9-10,18H,2,6-8,11-16H2,1H3,(H2,26,28,31). The third-order valence-electron chi connectivity index (χ3n) is 6.64. The largest absolute Gasteiger partial charge is 0.382 e. The normalized spacial score (nSPS) is 19.9. The number of amides is 1. The summed E-state index contributed by atoms with van der Waals surface area (Å²) >= 11 is 1.75. The number of fused-ring (bicyclic) bond motifs is 3. The molecule has 1 aliphatic heterocycles. The van der Waals surface area contributed by atoms with Crippen LogP contribution in [-0.2, 0) is 17.6 Å². The summed E-state index contributed by atoms with van der Waals surface area (Å²) in [5, 5.41) is 0. The van der Waals surface area contributed by atoms with Gasteiger partial charge in [-0.15, -0.1) is 11.3 Å². The molecule has 0 spiro atoms. The van der Waals surface area contributed by atoms with Crippen LogP contribution in [0.4, 0.5) is 0 Å². The van der Waals surface area contributed by atoms with Crippen molar-refractivity contribution in [1.29, 1.82) is 0 Å². The lowest BCUT2D eigenvalue weighted by Crippen LogP contribution is -2.39. The quantitative estimate of drug-likeness (QED) is 0.466. The van der Waals surface area contributed by atoms with Crippen molar-refractivity contribution in [3.05, 3.63) is 46.6 Å². The Morgan fingerprint density at radius 1 is 1.22 bits per heavy atom. The van der Waals surface area contributed by atoms with Gasteiger partial charge in [0.2, 0.25) is 0 Å². The van der Waals surface area contributed by atoms with E-state index in [9.17, 15) is 4.79 Å². The van der Waals surface area contributed by atoms with Crippen molar-refractivity contribution in [3.8, 4) is 11.3 Å². The number of carbonyl (C=O) groups excluding carboxylic acids is 1. The van der Waals surface area contributed by atoms with Gasteiger partial charge in [0.05, 0.1) is 5.92 Å². The second kappa shape index (κ2) is 9.16. The average molecular weight is 450 g/mol. The van der Waals surface area contributed by atoms with Gasteiger partial charge in [-0.2, -0.15) is 4.99 Å². The molecule has 168 valence electrons. The van der Waals surface area contributed by atoms with E-state index in [1.165, 1.54) is 23.4 Å². The van der Waals surface area contributed by atoms with E-state index in [0.29, 0.717) is 5.84 Å². The number of hydrogen-bond acceptors (Lipinski definition) is 4. The lowest BCUT2D eigenvalue weighted by Gasteiger charge is -2.30. The van der Waals surface area contributed by atoms with Crippen LogP contribution >= 0.6 is 11.3 Å². The lowest BCUT2D eigenvalue weighted by atomic mass is 9.97. The minimum Gasteiger partial charge on any atom is -0.382 e. The Hall–Kier alpha value is -2.51. The zero-order valence-electron chi connectivity index (χ0n) is 18.7. The molecule has 0 bridgehead atoms. The monoisotopic (exact) mass is 449 g/mol. The Morgan fingerprint density at radius 2 is 2.03 bits per heavy atom. The number of likely N-dealkylation sites (tertiary alicyclic amines) is 1. The first-order valence-corrected chi connectivity index (χ1v) is 12.7. The Labute approximate surface area is 193 Å². The molecule has 3 aromatic rings. The summed E-state index contributed by atoms with van der Waals surface area (Å²) in [7, 11) is 0. The van der Waals surface area contributed by atoms with Crippen LogP contribution in [0.2, 0.25) is 0 Å². The summed E-state index contributed by atoms with van der Waals surface area (Å²) in [6, 6.07) is 10.1. The molecule has 2 N–H and O–H groups in total. The van der Waals surface area contributed by atoms with Crippen LogP contribution in [-0.4, -0.2) is 45.7 Å². The molecule has 6 nitrogen and oxygen atoms in total. The number of aliphatic imine (C=N–C) groups is 1. The highest BCUT2D eigenvalue weighted by Crippen LogP contribution is 2.35. The van der Waals surface area contributed by atoms with Crippen LogP contribution in [0, 0.1) is 5.92 Å². The van der Waals surface area contributed by atoms with Gasteiger partial charge < -0.3 is 10.6 Å². The molecule has 2 aromatic heterocycles. The predicted molar refractivity (Wildman–Crippen MR) is 130 cm³/mol. The summed E-state index contributed by atoms with van der Waals surface area (Å²) in [5.74, 6) is 0.121. The van der Waals surface area contributed by atoms with Crippen molar-refractivity contribution in [1.82, 2.24) is 14.3 Å². The van der Waals surface area contributed by atoms with Gasteiger partial charge >= 0.3 is 0 Å². The van der Waals surface area contributed by atoms with E-state index in [4.69, 9.17) is 10.7 Å². The van der Waals surface area contributed by atoms with Crippen LogP contribution in [0.1, 0.15) is 55.3 Å². The van der Waals surface area contributed by atoms with E-state index >= 15 is 0 Å². The molecule has 1 unspecified atom stereocenters. The zero-order chi connectivity index (χ0) is 22.1. The number of imidazole rings is 1. The second-order valence-electron chi connectivity index (χ2n) is 8.95. The van der Waals surface area contributed by atoms with Crippen LogP contribution in [0.5, 0.6) is 0 Å². The van der Waals surface area contributed by atoms with E-state index in [1.54, 1.807) is 11.3 Å². The van der Waals surface area contributed by atoms with Gasteiger partial charge in [0, 0.05) is 22.7 Å². The Balaban J connectivity index is 1.55. The van der Waals surface area contributed by atoms with Crippen molar-refractivity contribution in [2.24, 2.45) is 16.6 Å². The lowest BCUT2D eigenvalue weighted by molar-refractivity contribution is -0.123. The van der Waals surface area contributed by atoms with E-state index in [2.05, 4.69) is 21.2 Å². The molecule has 32 heavy (non-hydrogen) atoms. The minimum absolute atomic E-state index is 0.0752. The van der Waals surface area contributed by atoms with Crippen molar-refractivity contribution in [2.45, 2.75) is 51.9 Å². The molecule has 7 heteroatoms. The maximum Gasteiger partial charge on any atom is 0.252 e. The molecule has 1 saturated heterocycles.